The van der Waals surface area contributed by atoms with Crippen molar-refractivity contribution in [1.29, 1.82) is 0 Å². The van der Waals surface area contributed by atoms with Crippen molar-refractivity contribution in [3.05, 3.63) is 77.2 Å². The molecule has 0 aromatic carbocycles. The number of aromatic nitrogens is 6. The molecule has 36 heavy (non-hydrogen) atoms. The molecule has 9 nitrogen and oxygen atoms in total. The highest BCUT2D eigenvalue weighted by Gasteiger charge is 2.35. The molecular formula is C26H25ClN8O. The third kappa shape index (κ3) is 3.94. The molecule has 5 aromatic rings. The summed E-state index contributed by atoms with van der Waals surface area (Å²) < 4.78 is 2.11. The summed E-state index contributed by atoms with van der Waals surface area (Å²) in [5, 5.41) is 15.5. The fraction of sp³-hybridized carbons (Fsp3) is 0.308. The molecular weight excluding hydrogens is 476 g/mol. The Labute approximate surface area is 212 Å². The minimum atomic E-state index is -0.447. The lowest BCUT2D eigenvalue weighted by molar-refractivity contribution is 0.194. The van der Waals surface area contributed by atoms with Gasteiger partial charge in [-0.25, -0.2) is 19.9 Å². The summed E-state index contributed by atoms with van der Waals surface area (Å²) in [5.74, 6) is 2.14. The van der Waals surface area contributed by atoms with E-state index in [2.05, 4.69) is 59.1 Å². The van der Waals surface area contributed by atoms with E-state index in [1.807, 2.05) is 18.3 Å². The van der Waals surface area contributed by atoms with Gasteiger partial charge in [-0.1, -0.05) is 17.7 Å². The molecule has 182 valence electrons. The Morgan fingerprint density at radius 3 is 2.94 bits per heavy atom. The third-order valence-electron chi connectivity index (χ3n) is 7.12. The zero-order valence-electron chi connectivity index (χ0n) is 19.5. The smallest absolute Gasteiger partial charge is 0.138 e. The predicted molar refractivity (Wildman–Crippen MR) is 138 cm³/mol. The Balaban J connectivity index is 1.12. The minimum absolute atomic E-state index is 0.0608. The molecule has 2 atom stereocenters. The monoisotopic (exact) mass is 500 g/mol. The molecule has 1 saturated carbocycles. The SMILES string of the molecule is OC1CC(c2cn3cc(C4CC4)ccc3n2)N(c2cc(NCc3cnc4[nH]cc(Cl)c4c3)ncn2)C1. The topological polar surface area (TPSA) is 107 Å². The second-order valence-corrected chi connectivity index (χ2v) is 10.1. The van der Waals surface area contributed by atoms with Crippen molar-refractivity contribution in [2.24, 2.45) is 0 Å². The van der Waals surface area contributed by atoms with Crippen molar-refractivity contribution in [1.82, 2.24) is 29.3 Å². The van der Waals surface area contributed by atoms with E-state index in [-0.39, 0.29) is 6.04 Å². The van der Waals surface area contributed by atoms with Crippen LogP contribution >= 0.6 is 11.6 Å². The number of hydrogen-bond donors (Lipinski definition) is 3. The zero-order chi connectivity index (χ0) is 24.2. The fourth-order valence-electron chi connectivity index (χ4n) is 5.10. The number of nitrogens with one attached hydrogen (secondary N) is 2. The molecule has 0 bridgehead atoms. The van der Waals surface area contributed by atoms with Gasteiger partial charge >= 0.3 is 0 Å². The predicted octanol–water partition coefficient (Wildman–Crippen LogP) is 4.46. The number of halogens is 1. The lowest BCUT2D eigenvalue weighted by Crippen LogP contribution is -2.25. The molecule has 1 aliphatic carbocycles. The van der Waals surface area contributed by atoms with Gasteiger partial charge in [-0.3, -0.25) is 0 Å². The summed E-state index contributed by atoms with van der Waals surface area (Å²) >= 11 is 6.24. The van der Waals surface area contributed by atoms with Gasteiger partial charge < -0.3 is 24.7 Å². The van der Waals surface area contributed by atoms with Crippen LogP contribution in [0.2, 0.25) is 5.02 Å². The maximum absolute atomic E-state index is 10.5. The first kappa shape index (κ1) is 21.6. The number of anilines is 2. The molecule has 1 saturated heterocycles. The molecule has 0 amide bonds. The van der Waals surface area contributed by atoms with Crippen molar-refractivity contribution in [3.63, 3.8) is 0 Å². The highest BCUT2D eigenvalue weighted by atomic mass is 35.5. The Kier molecular flexibility index (Phi) is 5.07. The van der Waals surface area contributed by atoms with Gasteiger partial charge in [-0.2, -0.15) is 0 Å². The van der Waals surface area contributed by atoms with E-state index in [0.29, 0.717) is 36.3 Å². The maximum atomic E-state index is 10.5. The first-order valence-corrected chi connectivity index (χ1v) is 12.6. The number of rotatable bonds is 6. The molecule has 5 aromatic heterocycles. The van der Waals surface area contributed by atoms with Gasteiger partial charge in [0.2, 0.25) is 0 Å². The molecule has 2 unspecified atom stereocenters. The minimum Gasteiger partial charge on any atom is -0.391 e. The summed E-state index contributed by atoms with van der Waals surface area (Å²) in [5.41, 5.74) is 5.00. The summed E-state index contributed by atoms with van der Waals surface area (Å²) in [6.07, 6.45) is 12.1. The zero-order valence-corrected chi connectivity index (χ0v) is 20.2. The Hall–Kier alpha value is -3.69. The number of aliphatic hydroxyl groups excluding tert-OH is 1. The van der Waals surface area contributed by atoms with E-state index >= 15 is 0 Å². The van der Waals surface area contributed by atoms with Crippen LogP contribution in [0.4, 0.5) is 11.6 Å². The van der Waals surface area contributed by atoms with Crippen LogP contribution in [0.3, 0.4) is 0 Å². The first-order valence-electron chi connectivity index (χ1n) is 12.2. The second kappa shape index (κ2) is 8.46. The van der Waals surface area contributed by atoms with Crippen LogP contribution in [0, 0.1) is 0 Å². The van der Waals surface area contributed by atoms with Crippen LogP contribution in [-0.4, -0.2) is 47.1 Å². The van der Waals surface area contributed by atoms with Crippen LogP contribution in [0.15, 0.2) is 55.4 Å². The van der Waals surface area contributed by atoms with Crippen molar-refractivity contribution in [2.45, 2.75) is 43.9 Å². The molecule has 7 rings (SSSR count). The molecule has 6 heterocycles. The number of β-amino-alcohol motifs (C(OH)–C–C–N with tert-alkyl or cyclic N) is 1. The number of pyridine rings is 2. The van der Waals surface area contributed by atoms with E-state index in [0.717, 1.165) is 33.8 Å². The van der Waals surface area contributed by atoms with Crippen molar-refractivity contribution in [3.8, 4) is 0 Å². The van der Waals surface area contributed by atoms with E-state index < -0.39 is 6.10 Å². The van der Waals surface area contributed by atoms with Crippen LogP contribution in [0.1, 0.15) is 48.0 Å². The highest BCUT2D eigenvalue weighted by Crippen LogP contribution is 2.40. The molecule has 0 radical (unpaired) electrons. The largest absolute Gasteiger partial charge is 0.391 e. The first-order chi connectivity index (χ1) is 17.6. The molecule has 1 aliphatic heterocycles. The normalized spacial score (nSPS) is 20.0. The average Bonchev–Trinajstić information content (AvgIpc) is 3.39. The molecule has 0 spiro atoms. The van der Waals surface area contributed by atoms with Crippen LogP contribution < -0.4 is 10.2 Å². The van der Waals surface area contributed by atoms with Crippen LogP contribution in [0.5, 0.6) is 0 Å². The van der Waals surface area contributed by atoms with E-state index in [1.54, 1.807) is 12.5 Å². The maximum Gasteiger partial charge on any atom is 0.138 e. The van der Waals surface area contributed by atoms with Gasteiger partial charge in [-0.15, -0.1) is 0 Å². The number of nitrogens with zero attached hydrogens (tertiary/aromatic N) is 6. The number of H-pyrrole nitrogens is 1. The number of aliphatic hydroxyl groups is 1. The van der Waals surface area contributed by atoms with E-state index in [9.17, 15) is 5.11 Å². The van der Waals surface area contributed by atoms with Crippen molar-refractivity contribution in [2.75, 3.05) is 16.8 Å². The summed E-state index contributed by atoms with van der Waals surface area (Å²) in [6.45, 7) is 1.04. The Morgan fingerprint density at radius 1 is 1.14 bits per heavy atom. The average molecular weight is 501 g/mol. The summed E-state index contributed by atoms with van der Waals surface area (Å²) in [7, 11) is 0. The van der Waals surface area contributed by atoms with Crippen LogP contribution in [0.25, 0.3) is 16.7 Å². The van der Waals surface area contributed by atoms with Gasteiger partial charge in [0.1, 0.15) is 29.3 Å². The number of hydrogen-bond acceptors (Lipinski definition) is 7. The lowest BCUT2D eigenvalue weighted by atomic mass is 10.1. The Bertz CT molecular complexity index is 1580. The van der Waals surface area contributed by atoms with Crippen molar-refractivity contribution < 1.29 is 5.11 Å². The van der Waals surface area contributed by atoms with Gasteiger partial charge in [0.05, 0.1) is 22.9 Å². The van der Waals surface area contributed by atoms with E-state index in [4.69, 9.17) is 16.6 Å². The number of fused-ring (bicyclic) bond motifs is 2. The van der Waals surface area contributed by atoms with Crippen molar-refractivity contribution >= 4 is 39.9 Å². The quantitative estimate of drug-likeness (QED) is 0.316. The standard InChI is InChI=1S/C26H25ClN8O/c27-20-10-30-26-19(20)5-15(9-29-26)8-28-23-7-25(32-14-31-23)35-12-18(36)6-22(35)21-13-34-11-17(16-1-2-16)3-4-24(34)33-21/h3-5,7,9-11,13-14,16,18,22,36H,1-2,6,8,12H2,(H,29,30)(H,28,31,32). The number of imidazole rings is 1. The van der Waals surface area contributed by atoms with Gasteiger partial charge in [0, 0.05) is 55.8 Å². The second-order valence-electron chi connectivity index (χ2n) is 9.72. The summed E-state index contributed by atoms with van der Waals surface area (Å²) in [6, 6.07) is 8.15. The molecule has 2 fully saturated rings. The fourth-order valence-corrected chi connectivity index (χ4v) is 5.30. The third-order valence-corrected chi connectivity index (χ3v) is 7.43. The Morgan fingerprint density at radius 2 is 2.06 bits per heavy atom. The van der Waals surface area contributed by atoms with Gasteiger partial charge in [-0.05, 0) is 42.0 Å². The van der Waals surface area contributed by atoms with Gasteiger partial charge in [0.15, 0.2) is 0 Å². The van der Waals surface area contributed by atoms with E-state index in [1.165, 1.54) is 18.4 Å². The lowest BCUT2D eigenvalue weighted by Gasteiger charge is -2.24. The highest BCUT2D eigenvalue weighted by molar-refractivity contribution is 6.35. The molecule has 2 aliphatic rings. The summed E-state index contributed by atoms with van der Waals surface area (Å²) in [4.78, 5) is 23.4. The molecule has 10 heteroatoms. The number of aromatic amines is 1. The molecule has 3 N–H and O–H groups in total. The van der Waals surface area contributed by atoms with Gasteiger partial charge in [0.25, 0.3) is 0 Å². The van der Waals surface area contributed by atoms with Crippen LogP contribution in [-0.2, 0) is 6.54 Å².